The van der Waals surface area contributed by atoms with E-state index in [9.17, 15) is 23.2 Å². The number of hydrogen-bond donors (Lipinski definition) is 1. The third kappa shape index (κ3) is 4.53. The van der Waals surface area contributed by atoms with Gasteiger partial charge in [-0.1, -0.05) is 0 Å². The summed E-state index contributed by atoms with van der Waals surface area (Å²) in [6, 6.07) is -0.992. The molecule has 2 unspecified atom stereocenters. The number of nitrogens with zero attached hydrogens (tertiary/aromatic N) is 4. The van der Waals surface area contributed by atoms with Crippen molar-refractivity contribution in [1.82, 2.24) is 19.6 Å². The number of alkyl halides is 2. The third-order valence-corrected chi connectivity index (χ3v) is 6.82. The van der Waals surface area contributed by atoms with Crippen LogP contribution in [-0.4, -0.2) is 103 Å². The average Bonchev–Trinajstić information content (AvgIpc) is 3.23. The van der Waals surface area contributed by atoms with Crippen molar-refractivity contribution in [2.45, 2.75) is 50.1 Å². The predicted molar refractivity (Wildman–Crippen MR) is 107 cm³/mol. The van der Waals surface area contributed by atoms with Crippen LogP contribution in [-0.2, 0) is 9.59 Å². The zero-order chi connectivity index (χ0) is 22.2. The van der Waals surface area contributed by atoms with Gasteiger partial charge in [-0.15, -0.1) is 0 Å². The van der Waals surface area contributed by atoms with Gasteiger partial charge in [-0.3, -0.25) is 9.59 Å². The van der Waals surface area contributed by atoms with E-state index in [1.807, 2.05) is 4.90 Å². The van der Waals surface area contributed by atoms with Crippen molar-refractivity contribution in [1.29, 1.82) is 0 Å². The zero-order valence-electron chi connectivity index (χ0n) is 18.0. The van der Waals surface area contributed by atoms with E-state index >= 15 is 0 Å². The van der Waals surface area contributed by atoms with Gasteiger partial charge in [0.15, 0.2) is 0 Å². The van der Waals surface area contributed by atoms with Crippen LogP contribution in [0.15, 0.2) is 0 Å². The first-order valence-electron chi connectivity index (χ1n) is 10.7. The van der Waals surface area contributed by atoms with Crippen LogP contribution < -0.4 is 5.73 Å². The molecule has 1 saturated carbocycles. The monoisotopic (exact) mass is 429 g/mol. The molecule has 2 atom stereocenters. The fraction of sp³-hybridized carbons (Fsp3) is 0.850. The SMILES string of the molecule is CN(C)C(=O)C(C1CCC(N2CCN(C)C2=O)CC1)C(N)C(=O)N1CCC(F)(F)C1. The van der Waals surface area contributed by atoms with Crippen LogP contribution in [0, 0.1) is 11.8 Å². The van der Waals surface area contributed by atoms with E-state index in [1.54, 1.807) is 26.0 Å². The fourth-order valence-electron chi connectivity index (χ4n) is 5.01. The maximum absolute atomic E-state index is 13.6. The van der Waals surface area contributed by atoms with Crippen molar-refractivity contribution >= 4 is 17.8 Å². The minimum Gasteiger partial charge on any atom is -0.349 e. The zero-order valence-corrected chi connectivity index (χ0v) is 18.0. The lowest BCUT2D eigenvalue weighted by atomic mass is 9.74. The van der Waals surface area contributed by atoms with E-state index in [0.717, 1.165) is 17.7 Å². The highest BCUT2D eigenvalue weighted by molar-refractivity contribution is 5.90. The summed E-state index contributed by atoms with van der Waals surface area (Å²) in [4.78, 5) is 44.1. The number of hydrogen-bond acceptors (Lipinski definition) is 4. The lowest BCUT2D eigenvalue weighted by Crippen LogP contribution is -2.54. The van der Waals surface area contributed by atoms with E-state index < -0.39 is 30.3 Å². The predicted octanol–water partition coefficient (Wildman–Crippen LogP) is 0.812. The Morgan fingerprint density at radius 1 is 1.13 bits per heavy atom. The molecule has 0 aromatic carbocycles. The van der Waals surface area contributed by atoms with E-state index in [1.165, 1.54) is 4.90 Å². The highest BCUT2D eigenvalue weighted by Crippen LogP contribution is 2.36. The van der Waals surface area contributed by atoms with E-state index in [4.69, 9.17) is 5.73 Å². The first-order chi connectivity index (χ1) is 14.0. The Hall–Kier alpha value is -1.97. The second-order valence-electron chi connectivity index (χ2n) is 9.12. The second kappa shape index (κ2) is 8.64. The molecule has 0 aromatic heterocycles. The summed E-state index contributed by atoms with van der Waals surface area (Å²) >= 11 is 0. The second-order valence-corrected chi connectivity index (χ2v) is 9.12. The Balaban J connectivity index is 1.68. The molecule has 170 valence electrons. The van der Waals surface area contributed by atoms with Crippen LogP contribution in [0.3, 0.4) is 0 Å². The Morgan fingerprint density at radius 3 is 2.23 bits per heavy atom. The minimum atomic E-state index is -2.90. The van der Waals surface area contributed by atoms with Crippen molar-refractivity contribution < 1.29 is 23.2 Å². The number of likely N-dealkylation sites (tertiary alicyclic amines) is 1. The molecule has 3 rings (SSSR count). The van der Waals surface area contributed by atoms with Gasteiger partial charge in [-0.2, -0.15) is 0 Å². The molecular formula is C20H33F2N5O3. The minimum absolute atomic E-state index is 0.0289. The lowest BCUT2D eigenvalue weighted by molar-refractivity contribution is -0.144. The normalized spacial score (nSPS) is 28.6. The molecule has 0 spiro atoms. The van der Waals surface area contributed by atoms with Crippen molar-refractivity contribution in [3.05, 3.63) is 0 Å². The molecule has 8 nitrogen and oxygen atoms in total. The molecule has 1 aliphatic carbocycles. The third-order valence-electron chi connectivity index (χ3n) is 6.82. The molecule has 0 radical (unpaired) electrons. The van der Waals surface area contributed by atoms with Crippen LogP contribution in [0.1, 0.15) is 32.1 Å². The Kier molecular flexibility index (Phi) is 6.54. The first kappa shape index (κ1) is 22.7. The van der Waals surface area contributed by atoms with Gasteiger partial charge in [0.1, 0.15) is 0 Å². The number of urea groups is 1. The van der Waals surface area contributed by atoms with Gasteiger partial charge in [0.25, 0.3) is 5.92 Å². The summed E-state index contributed by atoms with van der Waals surface area (Å²) in [6.45, 7) is 0.728. The summed E-state index contributed by atoms with van der Waals surface area (Å²) in [7, 11) is 5.01. The summed E-state index contributed by atoms with van der Waals surface area (Å²) in [6.07, 6.45) is 2.44. The number of halogens is 2. The molecule has 2 N–H and O–H groups in total. The van der Waals surface area contributed by atoms with Crippen molar-refractivity contribution in [3.63, 3.8) is 0 Å². The highest BCUT2D eigenvalue weighted by Gasteiger charge is 2.46. The van der Waals surface area contributed by atoms with Gasteiger partial charge in [-0.05, 0) is 31.6 Å². The number of rotatable bonds is 5. The van der Waals surface area contributed by atoms with Crippen molar-refractivity contribution in [2.24, 2.45) is 17.6 Å². The maximum Gasteiger partial charge on any atom is 0.320 e. The molecule has 30 heavy (non-hydrogen) atoms. The van der Waals surface area contributed by atoms with Gasteiger partial charge < -0.3 is 25.3 Å². The standard InChI is InChI=1S/C20H33F2N5O3/c1-24(2)17(28)15(16(23)18(29)26-9-8-20(21,22)12-26)13-4-6-14(7-5-13)27-11-10-25(3)19(27)30/h13-16H,4-12,23H2,1-3H3. The smallest absolute Gasteiger partial charge is 0.320 e. The molecule has 0 aromatic rings. The van der Waals surface area contributed by atoms with Crippen LogP contribution >= 0.6 is 0 Å². The Labute approximate surface area is 176 Å². The van der Waals surface area contributed by atoms with Crippen LogP contribution in [0.25, 0.3) is 0 Å². The number of carbonyl (C=O) groups is 3. The molecule has 3 fully saturated rings. The largest absolute Gasteiger partial charge is 0.349 e. The van der Waals surface area contributed by atoms with Gasteiger partial charge in [0.2, 0.25) is 11.8 Å². The molecule has 4 amide bonds. The number of carbonyl (C=O) groups excluding carboxylic acids is 3. The quantitative estimate of drug-likeness (QED) is 0.700. The molecular weight excluding hydrogens is 396 g/mol. The van der Waals surface area contributed by atoms with Gasteiger partial charge in [-0.25, -0.2) is 13.6 Å². The molecule has 0 bridgehead atoms. The summed E-state index contributed by atoms with van der Waals surface area (Å²) < 4.78 is 27.1. The first-order valence-corrected chi connectivity index (χ1v) is 10.7. The fourth-order valence-corrected chi connectivity index (χ4v) is 5.01. The van der Waals surface area contributed by atoms with Gasteiger partial charge >= 0.3 is 6.03 Å². The molecule has 3 aliphatic rings. The van der Waals surface area contributed by atoms with Crippen molar-refractivity contribution in [2.75, 3.05) is 47.3 Å². The number of amides is 4. The summed E-state index contributed by atoms with van der Waals surface area (Å²) in [5, 5.41) is 0. The van der Waals surface area contributed by atoms with E-state index in [0.29, 0.717) is 25.9 Å². The highest BCUT2D eigenvalue weighted by atomic mass is 19.3. The van der Waals surface area contributed by atoms with Crippen LogP contribution in [0.2, 0.25) is 0 Å². The molecule has 10 heteroatoms. The molecule has 2 saturated heterocycles. The van der Waals surface area contributed by atoms with Gasteiger partial charge in [0.05, 0.1) is 18.5 Å². The average molecular weight is 430 g/mol. The van der Waals surface area contributed by atoms with Crippen molar-refractivity contribution in [3.8, 4) is 0 Å². The lowest BCUT2D eigenvalue weighted by Gasteiger charge is -2.39. The van der Waals surface area contributed by atoms with Crippen LogP contribution in [0.4, 0.5) is 13.6 Å². The molecule has 2 heterocycles. The van der Waals surface area contributed by atoms with E-state index in [-0.39, 0.29) is 36.9 Å². The Bertz CT molecular complexity index is 681. The number of nitrogens with two attached hydrogens (primary N) is 1. The topological polar surface area (TPSA) is 90.2 Å². The molecule has 2 aliphatic heterocycles. The van der Waals surface area contributed by atoms with Crippen LogP contribution in [0.5, 0.6) is 0 Å². The maximum atomic E-state index is 13.6. The van der Waals surface area contributed by atoms with E-state index in [2.05, 4.69) is 0 Å². The summed E-state index contributed by atoms with van der Waals surface area (Å²) in [5.74, 6) is -4.59. The summed E-state index contributed by atoms with van der Waals surface area (Å²) in [5.41, 5.74) is 6.24. The number of likely N-dealkylation sites (N-methyl/N-ethyl adjacent to an activating group) is 1. The van der Waals surface area contributed by atoms with Gasteiger partial charge in [0, 0.05) is 53.2 Å². The Morgan fingerprint density at radius 2 is 1.77 bits per heavy atom.